The maximum absolute atomic E-state index is 11.2. The first-order valence-electron chi connectivity index (χ1n) is 11.6. The summed E-state index contributed by atoms with van der Waals surface area (Å²) in [5.74, 6) is -0.941. The molecule has 5 heteroatoms. The van der Waals surface area contributed by atoms with Crippen LogP contribution in [0.25, 0.3) is 0 Å². The van der Waals surface area contributed by atoms with Crippen molar-refractivity contribution in [2.75, 3.05) is 0 Å². The Bertz CT molecular complexity index is 746. The Labute approximate surface area is 179 Å². The van der Waals surface area contributed by atoms with Crippen LogP contribution in [0.3, 0.4) is 0 Å². The number of phenols is 1. The van der Waals surface area contributed by atoms with Gasteiger partial charge in [-0.15, -0.1) is 0 Å². The molecule has 30 heavy (non-hydrogen) atoms. The van der Waals surface area contributed by atoms with Gasteiger partial charge in [0, 0.05) is 0 Å². The van der Waals surface area contributed by atoms with Gasteiger partial charge in [-0.3, -0.25) is 9.59 Å². The molecule has 0 unspecified atom stereocenters. The van der Waals surface area contributed by atoms with E-state index in [4.69, 9.17) is 0 Å². The fraction of sp³-hybridized carbons (Fsp3) is 0.680. The van der Waals surface area contributed by atoms with Gasteiger partial charge in [-0.05, 0) is 87.5 Å². The maximum Gasteiger partial charge on any atom is 0.309 e. The fourth-order valence-electron chi connectivity index (χ4n) is 4.62. The predicted octanol–water partition coefficient (Wildman–Crippen LogP) is 5.72. The number of unbranched alkanes of at least 4 members (excludes halogenated alkanes) is 5. The van der Waals surface area contributed by atoms with E-state index in [1.54, 1.807) is 6.07 Å². The van der Waals surface area contributed by atoms with Crippen molar-refractivity contribution in [2.45, 2.75) is 96.3 Å². The van der Waals surface area contributed by atoms with Crippen molar-refractivity contribution < 1.29 is 24.9 Å². The van der Waals surface area contributed by atoms with Gasteiger partial charge < -0.3 is 15.3 Å². The normalized spacial score (nSPS) is 18.1. The van der Waals surface area contributed by atoms with Gasteiger partial charge in [-0.25, -0.2) is 0 Å². The molecule has 0 amide bonds. The molecular formula is C25H36O5. The molecule has 3 rings (SSSR count). The number of carbonyl (C=O) groups is 2. The van der Waals surface area contributed by atoms with E-state index in [1.807, 2.05) is 12.1 Å². The highest BCUT2D eigenvalue weighted by Gasteiger charge is 2.49. The molecule has 1 aromatic carbocycles. The quantitative estimate of drug-likeness (QED) is 0.318. The van der Waals surface area contributed by atoms with E-state index in [9.17, 15) is 24.9 Å². The zero-order chi connectivity index (χ0) is 21.6. The summed E-state index contributed by atoms with van der Waals surface area (Å²) in [6.07, 6.45) is 14.1. The fourth-order valence-corrected chi connectivity index (χ4v) is 4.62. The molecular weight excluding hydrogens is 380 g/mol. The van der Waals surface area contributed by atoms with Crippen molar-refractivity contribution in [3.8, 4) is 5.75 Å². The van der Waals surface area contributed by atoms with Gasteiger partial charge in [0.1, 0.15) is 5.75 Å². The van der Waals surface area contributed by atoms with Gasteiger partial charge in [-0.1, -0.05) is 38.2 Å². The van der Waals surface area contributed by atoms with Gasteiger partial charge in [0.25, 0.3) is 0 Å². The number of hydrogen-bond donors (Lipinski definition) is 3. The molecule has 0 radical (unpaired) electrons. The first-order valence-corrected chi connectivity index (χ1v) is 11.6. The van der Waals surface area contributed by atoms with Crippen LogP contribution in [0.1, 0.15) is 94.6 Å². The Morgan fingerprint density at radius 1 is 0.700 bits per heavy atom. The second-order valence-corrected chi connectivity index (χ2v) is 9.60. The molecule has 2 aliphatic rings. The van der Waals surface area contributed by atoms with Crippen LogP contribution in [0.15, 0.2) is 18.2 Å². The summed E-state index contributed by atoms with van der Waals surface area (Å²) in [7, 11) is 0. The number of benzene rings is 1. The van der Waals surface area contributed by atoms with Crippen LogP contribution in [0.4, 0.5) is 0 Å². The van der Waals surface area contributed by atoms with Crippen LogP contribution in [0.5, 0.6) is 5.75 Å². The van der Waals surface area contributed by atoms with Gasteiger partial charge >= 0.3 is 11.9 Å². The number of aromatic hydroxyl groups is 1. The molecule has 0 bridgehead atoms. The second-order valence-electron chi connectivity index (χ2n) is 9.60. The molecule has 0 aliphatic heterocycles. The summed E-state index contributed by atoms with van der Waals surface area (Å²) >= 11 is 0. The number of aryl methyl sites for hydroxylation is 2. The Hall–Kier alpha value is -2.04. The molecule has 0 heterocycles. The molecule has 2 aliphatic carbocycles. The minimum absolute atomic E-state index is 0.308. The summed E-state index contributed by atoms with van der Waals surface area (Å²) < 4.78 is 0. The Morgan fingerprint density at radius 2 is 1.17 bits per heavy atom. The first-order chi connectivity index (χ1) is 14.4. The minimum Gasteiger partial charge on any atom is -0.508 e. The largest absolute Gasteiger partial charge is 0.508 e. The van der Waals surface area contributed by atoms with Crippen LogP contribution in [-0.2, 0) is 22.4 Å². The number of aliphatic carboxylic acids is 2. The summed E-state index contributed by atoms with van der Waals surface area (Å²) in [6, 6.07) is 5.65. The summed E-state index contributed by atoms with van der Waals surface area (Å²) in [5.41, 5.74) is 1.69. The van der Waals surface area contributed by atoms with Crippen LogP contribution < -0.4 is 0 Å². The summed E-state index contributed by atoms with van der Waals surface area (Å²) in [5, 5.41) is 28.4. The van der Waals surface area contributed by atoms with E-state index in [1.165, 1.54) is 11.1 Å². The van der Waals surface area contributed by atoms with Crippen molar-refractivity contribution >= 4 is 11.9 Å². The number of carboxylic acids is 2. The number of rotatable bonds is 15. The summed E-state index contributed by atoms with van der Waals surface area (Å²) in [6.45, 7) is 0. The third-order valence-electron chi connectivity index (χ3n) is 7.26. The molecule has 0 spiro atoms. The SMILES string of the molecule is O=C(O)C1(CCCCCCc2cc(O)ccc2CCCCCC2(C(=O)O)CC2)CC1. The van der Waals surface area contributed by atoms with E-state index in [2.05, 4.69) is 0 Å². The van der Waals surface area contributed by atoms with Gasteiger partial charge in [0.15, 0.2) is 0 Å². The average Bonchev–Trinajstić information content (AvgIpc) is 3.61. The molecule has 2 fully saturated rings. The van der Waals surface area contributed by atoms with E-state index in [0.717, 1.165) is 96.3 Å². The van der Waals surface area contributed by atoms with E-state index < -0.39 is 22.8 Å². The van der Waals surface area contributed by atoms with Crippen molar-refractivity contribution in [1.29, 1.82) is 0 Å². The highest BCUT2D eigenvalue weighted by Crippen LogP contribution is 2.50. The van der Waals surface area contributed by atoms with Crippen molar-refractivity contribution in [1.82, 2.24) is 0 Å². The maximum atomic E-state index is 11.2. The highest BCUT2D eigenvalue weighted by molar-refractivity contribution is 5.78. The van der Waals surface area contributed by atoms with Gasteiger partial charge in [0.2, 0.25) is 0 Å². The van der Waals surface area contributed by atoms with Crippen LogP contribution in [0.2, 0.25) is 0 Å². The first kappa shape index (κ1) is 22.6. The lowest BCUT2D eigenvalue weighted by Gasteiger charge is -2.12. The lowest BCUT2D eigenvalue weighted by atomic mass is 9.94. The molecule has 5 nitrogen and oxygen atoms in total. The molecule has 2 saturated carbocycles. The topological polar surface area (TPSA) is 94.8 Å². The van der Waals surface area contributed by atoms with E-state index >= 15 is 0 Å². The van der Waals surface area contributed by atoms with Crippen LogP contribution >= 0.6 is 0 Å². The third-order valence-corrected chi connectivity index (χ3v) is 7.26. The van der Waals surface area contributed by atoms with E-state index in [-0.39, 0.29) is 0 Å². The number of phenolic OH excluding ortho intramolecular Hbond substituents is 1. The van der Waals surface area contributed by atoms with Crippen LogP contribution in [0, 0.1) is 10.8 Å². The van der Waals surface area contributed by atoms with Crippen LogP contribution in [-0.4, -0.2) is 27.3 Å². The highest BCUT2D eigenvalue weighted by atomic mass is 16.4. The predicted molar refractivity (Wildman–Crippen MR) is 116 cm³/mol. The molecule has 0 atom stereocenters. The van der Waals surface area contributed by atoms with Crippen molar-refractivity contribution in [3.63, 3.8) is 0 Å². The Morgan fingerprint density at radius 3 is 1.67 bits per heavy atom. The van der Waals surface area contributed by atoms with Gasteiger partial charge in [-0.2, -0.15) is 0 Å². The zero-order valence-corrected chi connectivity index (χ0v) is 18.0. The molecule has 166 valence electrons. The smallest absolute Gasteiger partial charge is 0.309 e. The lowest BCUT2D eigenvalue weighted by Crippen LogP contribution is -2.14. The average molecular weight is 417 g/mol. The monoisotopic (exact) mass is 416 g/mol. The Kier molecular flexibility index (Phi) is 7.43. The number of carboxylic acid groups (broad SMARTS) is 2. The summed E-state index contributed by atoms with van der Waals surface area (Å²) in [4.78, 5) is 22.5. The Balaban J connectivity index is 1.34. The molecule has 0 aromatic heterocycles. The van der Waals surface area contributed by atoms with Gasteiger partial charge in [0.05, 0.1) is 10.8 Å². The zero-order valence-electron chi connectivity index (χ0n) is 18.0. The van der Waals surface area contributed by atoms with E-state index in [0.29, 0.717) is 5.75 Å². The van der Waals surface area contributed by atoms with Crippen molar-refractivity contribution in [2.24, 2.45) is 10.8 Å². The molecule has 0 saturated heterocycles. The third kappa shape index (κ3) is 5.99. The standard InChI is InChI=1S/C25H36O5/c26-21-11-10-19(8-5-3-7-13-25(16-17-25)23(29)30)20(18-21)9-4-1-2-6-12-24(14-15-24)22(27)28/h10-11,18,26H,1-9,12-17H2,(H,27,28)(H,29,30). The lowest BCUT2D eigenvalue weighted by molar-refractivity contribution is -0.144. The second kappa shape index (κ2) is 9.84. The molecule has 3 N–H and O–H groups in total. The molecule has 1 aromatic rings. The number of hydrogen-bond acceptors (Lipinski definition) is 3. The van der Waals surface area contributed by atoms with Crippen molar-refractivity contribution in [3.05, 3.63) is 29.3 Å². The minimum atomic E-state index is -0.626.